The summed E-state index contributed by atoms with van der Waals surface area (Å²) in [6, 6.07) is 8.17. The van der Waals surface area contributed by atoms with E-state index < -0.39 is 0 Å². The van der Waals surface area contributed by atoms with E-state index in [1.54, 1.807) is 22.7 Å². The molecule has 0 unspecified atom stereocenters. The van der Waals surface area contributed by atoms with Crippen molar-refractivity contribution in [2.24, 2.45) is 5.73 Å². The Kier molecular flexibility index (Phi) is 4.83. The molecule has 116 valence electrons. The SMILES string of the molecule is C[C@H](N)CNc1cc2nc(Cl)cc(NCc3cccs3)c2s1. The molecular weight excluding hydrogens is 336 g/mol. The first kappa shape index (κ1) is 15.6. The van der Waals surface area contributed by atoms with E-state index in [4.69, 9.17) is 17.3 Å². The Morgan fingerprint density at radius 1 is 1.36 bits per heavy atom. The summed E-state index contributed by atoms with van der Waals surface area (Å²) in [5.74, 6) is 0. The molecule has 4 N–H and O–H groups in total. The van der Waals surface area contributed by atoms with Gasteiger partial charge in [0, 0.05) is 30.1 Å². The van der Waals surface area contributed by atoms with E-state index in [-0.39, 0.29) is 6.04 Å². The molecule has 0 fully saturated rings. The first-order chi connectivity index (χ1) is 10.6. The lowest BCUT2D eigenvalue weighted by molar-refractivity contribution is 0.781. The van der Waals surface area contributed by atoms with Gasteiger partial charge in [0.2, 0.25) is 0 Å². The van der Waals surface area contributed by atoms with Gasteiger partial charge in [-0.15, -0.1) is 22.7 Å². The summed E-state index contributed by atoms with van der Waals surface area (Å²) in [6.45, 7) is 3.50. The lowest BCUT2D eigenvalue weighted by atomic mass is 10.3. The number of hydrogen-bond acceptors (Lipinski definition) is 6. The van der Waals surface area contributed by atoms with Crippen LogP contribution < -0.4 is 16.4 Å². The summed E-state index contributed by atoms with van der Waals surface area (Å²) < 4.78 is 1.10. The Morgan fingerprint density at radius 2 is 2.23 bits per heavy atom. The van der Waals surface area contributed by atoms with Gasteiger partial charge in [0.05, 0.1) is 20.9 Å². The smallest absolute Gasteiger partial charge is 0.131 e. The third kappa shape index (κ3) is 3.70. The largest absolute Gasteiger partial charge is 0.379 e. The van der Waals surface area contributed by atoms with Gasteiger partial charge in [-0.3, -0.25) is 0 Å². The molecule has 3 aromatic rings. The van der Waals surface area contributed by atoms with Crippen molar-refractivity contribution in [1.29, 1.82) is 0 Å². The second-order valence-electron chi connectivity index (χ2n) is 5.11. The van der Waals surface area contributed by atoms with Gasteiger partial charge in [0.15, 0.2) is 0 Å². The second-order valence-corrected chi connectivity index (χ2v) is 7.58. The quantitative estimate of drug-likeness (QED) is 0.576. The molecule has 3 aromatic heterocycles. The van der Waals surface area contributed by atoms with Crippen molar-refractivity contribution >= 4 is 55.2 Å². The van der Waals surface area contributed by atoms with Crippen molar-refractivity contribution in [3.63, 3.8) is 0 Å². The molecule has 0 spiro atoms. The summed E-state index contributed by atoms with van der Waals surface area (Å²) in [4.78, 5) is 5.68. The Balaban J connectivity index is 1.84. The molecule has 0 saturated carbocycles. The molecule has 0 aliphatic heterocycles. The third-order valence-corrected chi connectivity index (χ3v) is 5.26. The maximum atomic E-state index is 6.14. The zero-order valence-corrected chi connectivity index (χ0v) is 14.5. The van der Waals surface area contributed by atoms with E-state index in [1.807, 2.05) is 19.1 Å². The van der Waals surface area contributed by atoms with E-state index >= 15 is 0 Å². The molecule has 0 radical (unpaired) electrons. The van der Waals surface area contributed by atoms with Crippen LogP contribution >= 0.6 is 34.3 Å². The molecule has 3 heterocycles. The van der Waals surface area contributed by atoms with Crippen molar-refractivity contribution in [3.8, 4) is 0 Å². The van der Waals surface area contributed by atoms with E-state index in [0.29, 0.717) is 5.15 Å². The van der Waals surface area contributed by atoms with Crippen LogP contribution in [-0.4, -0.2) is 17.6 Å². The van der Waals surface area contributed by atoms with Crippen molar-refractivity contribution < 1.29 is 0 Å². The summed E-state index contributed by atoms with van der Waals surface area (Å²) in [5, 5.41) is 10.4. The minimum atomic E-state index is 0.109. The molecule has 0 bridgehead atoms. The topological polar surface area (TPSA) is 63.0 Å². The highest BCUT2D eigenvalue weighted by molar-refractivity contribution is 7.23. The maximum absolute atomic E-state index is 6.14. The van der Waals surface area contributed by atoms with Crippen molar-refractivity contribution in [1.82, 2.24) is 4.98 Å². The second kappa shape index (κ2) is 6.83. The summed E-state index contributed by atoms with van der Waals surface area (Å²) in [6.07, 6.45) is 0. The van der Waals surface area contributed by atoms with E-state index in [0.717, 1.165) is 34.0 Å². The van der Waals surface area contributed by atoms with Crippen LogP contribution in [0.5, 0.6) is 0 Å². The van der Waals surface area contributed by atoms with Gasteiger partial charge in [-0.05, 0) is 24.4 Å². The highest BCUT2D eigenvalue weighted by Crippen LogP contribution is 2.36. The molecule has 0 saturated heterocycles. The van der Waals surface area contributed by atoms with Gasteiger partial charge >= 0.3 is 0 Å². The zero-order valence-electron chi connectivity index (χ0n) is 12.1. The van der Waals surface area contributed by atoms with E-state index in [9.17, 15) is 0 Å². The van der Waals surface area contributed by atoms with Crippen LogP contribution in [0.2, 0.25) is 5.15 Å². The molecule has 3 rings (SSSR count). The predicted octanol–water partition coefficient (Wildman–Crippen LogP) is 4.38. The number of rotatable bonds is 6. The number of nitrogens with one attached hydrogen (secondary N) is 2. The van der Waals surface area contributed by atoms with E-state index in [1.165, 1.54) is 4.88 Å². The number of fused-ring (bicyclic) bond motifs is 1. The molecule has 4 nitrogen and oxygen atoms in total. The lowest BCUT2D eigenvalue weighted by Crippen LogP contribution is -2.24. The average molecular weight is 353 g/mol. The fraction of sp³-hybridized carbons (Fsp3) is 0.267. The minimum absolute atomic E-state index is 0.109. The van der Waals surface area contributed by atoms with Crippen molar-refractivity contribution in [2.45, 2.75) is 19.5 Å². The Hall–Kier alpha value is -1.34. The van der Waals surface area contributed by atoms with Crippen LogP contribution in [0.4, 0.5) is 10.7 Å². The van der Waals surface area contributed by atoms with Gasteiger partial charge < -0.3 is 16.4 Å². The number of nitrogens with zero attached hydrogens (tertiary/aromatic N) is 1. The van der Waals surface area contributed by atoms with Crippen LogP contribution in [0, 0.1) is 0 Å². The molecule has 22 heavy (non-hydrogen) atoms. The molecular formula is C15H17ClN4S2. The normalized spacial score (nSPS) is 12.5. The number of anilines is 2. The first-order valence-electron chi connectivity index (χ1n) is 6.97. The summed E-state index contributed by atoms with van der Waals surface area (Å²) in [5.41, 5.74) is 7.70. The number of halogens is 1. The van der Waals surface area contributed by atoms with Crippen molar-refractivity contribution in [2.75, 3.05) is 17.2 Å². The summed E-state index contributed by atoms with van der Waals surface area (Å²) >= 11 is 9.54. The van der Waals surface area contributed by atoms with E-state index in [2.05, 4.69) is 33.1 Å². The Labute approximate surface area is 142 Å². The molecule has 1 atom stereocenters. The minimum Gasteiger partial charge on any atom is -0.379 e. The van der Waals surface area contributed by atoms with Crippen LogP contribution in [0.15, 0.2) is 29.6 Å². The molecule has 0 aliphatic carbocycles. The van der Waals surface area contributed by atoms with Crippen LogP contribution in [0.25, 0.3) is 10.2 Å². The Morgan fingerprint density at radius 3 is 2.95 bits per heavy atom. The molecule has 0 aliphatic rings. The van der Waals surface area contributed by atoms with Gasteiger partial charge in [0.25, 0.3) is 0 Å². The number of aromatic nitrogens is 1. The standard InChI is InChI=1S/C15H17ClN4S2/c1-9(17)7-19-14-6-12-15(22-14)11(5-13(16)20-12)18-8-10-3-2-4-21-10/h2-6,9,19H,7-8,17H2,1H3,(H,18,20)/t9-/m0/s1. The summed E-state index contributed by atoms with van der Waals surface area (Å²) in [7, 11) is 0. The van der Waals surface area contributed by atoms with Gasteiger partial charge in [-0.25, -0.2) is 4.98 Å². The Bertz CT molecular complexity index is 752. The van der Waals surface area contributed by atoms with Gasteiger partial charge in [-0.1, -0.05) is 17.7 Å². The number of pyridine rings is 1. The van der Waals surface area contributed by atoms with Gasteiger partial charge in [0.1, 0.15) is 5.15 Å². The lowest BCUT2D eigenvalue weighted by Gasteiger charge is -2.07. The predicted molar refractivity (Wildman–Crippen MR) is 98.4 cm³/mol. The zero-order chi connectivity index (χ0) is 15.5. The fourth-order valence-corrected chi connectivity index (χ4v) is 3.91. The number of nitrogens with two attached hydrogens (primary N) is 1. The molecule has 7 heteroatoms. The van der Waals surface area contributed by atoms with Crippen molar-refractivity contribution in [3.05, 3.63) is 39.7 Å². The highest BCUT2D eigenvalue weighted by atomic mass is 35.5. The third-order valence-electron chi connectivity index (χ3n) is 3.08. The molecule has 0 amide bonds. The average Bonchev–Trinajstić information content (AvgIpc) is 3.11. The molecule has 0 aromatic carbocycles. The first-order valence-corrected chi connectivity index (χ1v) is 9.05. The fourth-order valence-electron chi connectivity index (χ4n) is 2.06. The number of hydrogen-bond donors (Lipinski definition) is 3. The van der Waals surface area contributed by atoms with Crippen LogP contribution in [0.1, 0.15) is 11.8 Å². The van der Waals surface area contributed by atoms with Crippen LogP contribution in [-0.2, 0) is 6.54 Å². The van der Waals surface area contributed by atoms with Gasteiger partial charge in [-0.2, -0.15) is 0 Å². The monoisotopic (exact) mass is 352 g/mol. The maximum Gasteiger partial charge on any atom is 0.131 e. The van der Waals surface area contributed by atoms with Crippen LogP contribution in [0.3, 0.4) is 0 Å². The number of thiophene rings is 2. The highest BCUT2D eigenvalue weighted by Gasteiger charge is 2.10.